The smallest absolute Gasteiger partial charge is 0.247 e. The Morgan fingerprint density at radius 3 is 2.32 bits per heavy atom. The Labute approximate surface area is 113 Å². The van der Waals surface area contributed by atoms with Crippen LogP contribution in [0.15, 0.2) is 42.5 Å². The quantitative estimate of drug-likeness (QED) is 0.656. The van der Waals surface area contributed by atoms with E-state index in [1.54, 1.807) is 6.07 Å². The van der Waals surface area contributed by atoms with Crippen molar-refractivity contribution >= 4 is 11.6 Å². The lowest BCUT2D eigenvalue weighted by Crippen LogP contribution is -2.24. The Kier molecular flexibility index (Phi) is 3.67. The summed E-state index contributed by atoms with van der Waals surface area (Å²) in [6.45, 7) is 5.27. The summed E-state index contributed by atoms with van der Waals surface area (Å²) < 4.78 is 0. The number of rotatable bonds is 2. The van der Waals surface area contributed by atoms with Gasteiger partial charge in [0, 0.05) is 6.92 Å². The molecule has 2 rings (SSSR count). The normalized spacial score (nSPS) is 10.3. The average Bonchev–Trinajstić information content (AvgIpc) is 2.38. The van der Waals surface area contributed by atoms with E-state index in [0.29, 0.717) is 10.8 Å². The van der Waals surface area contributed by atoms with E-state index < -0.39 is 5.91 Å². The predicted octanol–water partition coefficient (Wildman–Crippen LogP) is 3.71. The first-order valence-corrected chi connectivity index (χ1v) is 6.17. The molecule has 0 aliphatic heterocycles. The summed E-state index contributed by atoms with van der Waals surface area (Å²) in [5, 5.41) is 10.4. The molecule has 0 aliphatic rings. The highest BCUT2D eigenvalue weighted by molar-refractivity contribution is 5.90. The van der Waals surface area contributed by atoms with E-state index in [-0.39, 0.29) is 0 Å². The van der Waals surface area contributed by atoms with E-state index in [4.69, 9.17) is 0 Å². The fourth-order valence-corrected chi connectivity index (χ4v) is 2.13. The molecule has 0 bridgehead atoms. The third-order valence-corrected chi connectivity index (χ3v) is 3.18. The molecule has 0 saturated heterocycles. The Morgan fingerprint density at radius 2 is 1.74 bits per heavy atom. The van der Waals surface area contributed by atoms with E-state index in [2.05, 4.69) is 19.1 Å². The molecule has 0 atom stereocenters. The molecule has 1 N–H and O–H groups in total. The van der Waals surface area contributed by atoms with Crippen LogP contribution in [0.2, 0.25) is 0 Å². The molecular formula is C16H17NO2. The highest BCUT2D eigenvalue weighted by Gasteiger charge is 2.12. The van der Waals surface area contributed by atoms with Crippen molar-refractivity contribution in [1.29, 1.82) is 0 Å². The monoisotopic (exact) mass is 255 g/mol. The Hall–Kier alpha value is -2.13. The van der Waals surface area contributed by atoms with Gasteiger partial charge in [0.15, 0.2) is 0 Å². The van der Waals surface area contributed by atoms with Crippen LogP contribution in [0.3, 0.4) is 0 Å². The lowest BCUT2D eigenvalue weighted by atomic mass is 9.98. The van der Waals surface area contributed by atoms with Crippen molar-refractivity contribution in [2.75, 3.05) is 5.06 Å². The van der Waals surface area contributed by atoms with Gasteiger partial charge in [-0.1, -0.05) is 30.3 Å². The molecule has 0 aromatic heterocycles. The lowest BCUT2D eigenvalue weighted by Gasteiger charge is -2.16. The second kappa shape index (κ2) is 5.24. The van der Waals surface area contributed by atoms with Gasteiger partial charge in [-0.25, -0.2) is 0 Å². The van der Waals surface area contributed by atoms with Gasteiger partial charge in [0.2, 0.25) is 5.91 Å². The van der Waals surface area contributed by atoms with Gasteiger partial charge in [-0.3, -0.25) is 10.0 Å². The second-order valence-corrected chi connectivity index (χ2v) is 4.65. The maximum atomic E-state index is 11.2. The number of hydroxylamine groups is 1. The van der Waals surface area contributed by atoms with Gasteiger partial charge in [-0.05, 0) is 48.2 Å². The third-order valence-electron chi connectivity index (χ3n) is 3.18. The molecule has 3 nitrogen and oxygen atoms in total. The molecule has 2 aromatic rings. The first-order chi connectivity index (χ1) is 9.00. The average molecular weight is 255 g/mol. The van der Waals surface area contributed by atoms with Crippen molar-refractivity contribution in [3.05, 3.63) is 53.6 Å². The number of hydrogen-bond acceptors (Lipinski definition) is 2. The van der Waals surface area contributed by atoms with Crippen LogP contribution in [0.5, 0.6) is 0 Å². The molecule has 0 spiro atoms. The molecule has 2 aromatic carbocycles. The van der Waals surface area contributed by atoms with Gasteiger partial charge in [0.05, 0.1) is 5.69 Å². The van der Waals surface area contributed by atoms with Crippen LogP contribution in [0.4, 0.5) is 5.69 Å². The van der Waals surface area contributed by atoms with Crippen LogP contribution in [0.25, 0.3) is 11.1 Å². The van der Waals surface area contributed by atoms with Gasteiger partial charge < -0.3 is 0 Å². The van der Waals surface area contributed by atoms with E-state index in [9.17, 15) is 10.0 Å². The van der Waals surface area contributed by atoms with Gasteiger partial charge in [-0.15, -0.1) is 0 Å². The zero-order chi connectivity index (χ0) is 14.0. The summed E-state index contributed by atoms with van der Waals surface area (Å²) in [6, 6.07) is 13.8. The topological polar surface area (TPSA) is 40.5 Å². The van der Waals surface area contributed by atoms with Gasteiger partial charge in [0.25, 0.3) is 0 Å². The molecule has 19 heavy (non-hydrogen) atoms. The van der Waals surface area contributed by atoms with Crippen molar-refractivity contribution in [2.45, 2.75) is 20.8 Å². The van der Waals surface area contributed by atoms with Crippen LogP contribution in [-0.4, -0.2) is 11.1 Å². The van der Waals surface area contributed by atoms with Gasteiger partial charge in [-0.2, -0.15) is 5.06 Å². The number of carbonyl (C=O) groups excluding carboxylic acids is 1. The second-order valence-electron chi connectivity index (χ2n) is 4.65. The summed E-state index contributed by atoms with van der Waals surface area (Å²) >= 11 is 0. The van der Waals surface area contributed by atoms with Crippen LogP contribution in [-0.2, 0) is 4.79 Å². The zero-order valence-electron chi connectivity index (χ0n) is 11.3. The first-order valence-electron chi connectivity index (χ1n) is 6.17. The summed E-state index contributed by atoms with van der Waals surface area (Å²) in [6.07, 6.45) is 0. The van der Waals surface area contributed by atoms with Crippen molar-refractivity contribution in [3.8, 4) is 11.1 Å². The standard InChI is InChI=1S/C16H17NO2/c1-11-6-4-5-7-15(11)14-8-9-16(12(2)10-14)17(19)13(3)18/h4-10,19H,1-3H3. The predicted molar refractivity (Wildman–Crippen MR) is 76.3 cm³/mol. The summed E-state index contributed by atoms with van der Waals surface area (Å²) in [7, 11) is 0. The lowest BCUT2D eigenvalue weighted by molar-refractivity contribution is -0.121. The fraction of sp³-hybridized carbons (Fsp3) is 0.188. The van der Waals surface area contributed by atoms with Crippen LogP contribution < -0.4 is 5.06 Å². The van der Waals surface area contributed by atoms with Crippen molar-refractivity contribution in [3.63, 3.8) is 0 Å². The zero-order valence-corrected chi connectivity index (χ0v) is 11.3. The Bertz CT molecular complexity index is 620. The van der Waals surface area contributed by atoms with E-state index in [0.717, 1.165) is 16.7 Å². The minimum Gasteiger partial charge on any atom is -0.281 e. The SMILES string of the molecule is CC(=O)N(O)c1ccc(-c2ccccc2C)cc1C. The minimum atomic E-state index is -0.397. The minimum absolute atomic E-state index is 0.397. The van der Waals surface area contributed by atoms with E-state index in [1.165, 1.54) is 12.5 Å². The van der Waals surface area contributed by atoms with Crippen LogP contribution in [0.1, 0.15) is 18.1 Å². The number of aryl methyl sites for hydroxylation is 2. The van der Waals surface area contributed by atoms with E-state index in [1.807, 2.05) is 31.2 Å². The molecule has 0 radical (unpaired) electrons. The number of benzene rings is 2. The summed E-state index contributed by atoms with van der Waals surface area (Å²) in [5.41, 5.74) is 4.81. The van der Waals surface area contributed by atoms with Crippen LogP contribution in [0, 0.1) is 13.8 Å². The maximum absolute atomic E-state index is 11.2. The number of nitrogens with zero attached hydrogens (tertiary/aromatic N) is 1. The molecule has 1 amide bonds. The Balaban J connectivity index is 2.45. The van der Waals surface area contributed by atoms with Gasteiger partial charge >= 0.3 is 0 Å². The maximum Gasteiger partial charge on any atom is 0.247 e. The van der Waals surface area contributed by atoms with Crippen molar-refractivity contribution in [2.24, 2.45) is 0 Å². The molecular weight excluding hydrogens is 238 g/mol. The number of hydrogen-bond donors (Lipinski definition) is 1. The molecule has 0 aliphatic carbocycles. The van der Waals surface area contributed by atoms with Gasteiger partial charge in [0.1, 0.15) is 0 Å². The molecule has 3 heteroatoms. The summed E-state index contributed by atoms with van der Waals surface area (Å²) in [4.78, 5) is 11.2. The molecule has 0 unspecified atom stereocenters. The molecule has 0 saturated carbocycles. The van der Waals surface area contributed by atoms with Crippen molar-refractivity contribution in [1.82, 2.24) is 0 Å². The highest BCUT2D eigenvalue weighted by Crippen LogP contribution is 2.28. The molecule has 0 fully saturated rings. The highest BCUT2D eigenvalue weighted by atomic mass is 16.5. The number of amides is 1. The molecule has 0 heterocycles. The first kappa shape index (κ1) is 13.3. The largest absolute Gasteiger partial charge is 0.281 e. The fourth-order valence-electron chi connectivity index (χ4n) is 2.13. The van der Waals surface area contributed by atoms with E-state index >= 15 is 0 Å². The van der Waals surface area contributed by atoms with Crippen LogP contribution >= 0.6 is 0 Å². The number of anilines is 1. The summed E-state index contributed by atoms with van der Waals surface area (Å²) in [5.74, 6) is -0.397. The number of carbonyl (C=O) groups is 1. The third kappa shape index (κ3) is 2.66. The Morgan fingerprint density at radius 1 is 1.05 bits per heavy atom. The molecule has 98 valence electrons. The van der Waals surface area contributed by atoms with Crippen molar-refractivity contribution < 1.29 is 10.0 Å².